The number of furan rings is 1. The molecule has 0 saturated heterocycles. The second-order valence-corrected chi connectivity index (χ2v) is 5.04. The largest absolute Gasteiger partial charge is 0.442 e. The smallest absolute Gasteiger partial charge is 0.265 e. The van der Waals surface area contributed by atoms with Crippen LogP contribution in [0.3, 0.4) is 0 Å². The third-order valence-corrected chi connectivity index (χ3v) is 3.30. The van der Waals surface area contributed by atoms with Crippen LogP contribution in [0.15, 0.2) is 15.5 Å². The molecule has 2 aromatic heterocycles. The maximum atomic E-state index is 12.3. The van der Waals surface area contributed by atoms with Crippen LogP contribution in [0.1, 0.15) is 30.0 Å². The molecule has 2 heterocycles. The summed E-state index contributed by atoms with van der Waals surface area (Å²) in [5, 5.41) is 6.24. The molecule has 0 aliphatic heterocycles. The van der Waals surface area contributed by atoms with E-state index < -0.39 is 0 Å². The summed E-state index contributed by atoms with van der Waals surface area (Å²) in [5.41, 5.74) is 0.171. The van der Waals surface area contributed by atoms with Gasteiger partial charge in [0.25, 0.3) is 11.5 Å². The first kappa shape index (κ1) is 18.2. The van der Waals surface area contributed by atoms with Crippen LogP contribution in [-0.2, 0) is 7.05 Å². The molecule has 122 valence electrons. The Morgan fingerprint density at radius 2 is 2.18 bits per heavy atom. The molecule has 2 N–H and O–H groups in total. The summed E-state index contributed by atoms with van der Waals surface area (Å²) in [6.45, 7) is 6.93. The van der Waals surface area contributed by atoms with Crippen molar-refractivity contribution in [3.8, 4) is 0 Å². The van der Waals surface area contributed by atoms with Crippen LogP contribution in [0.5, 0.6) is 0 Å². The van der Waals surface area contributed by atoms with E-state index in [0.717, 1.165) is 6.54 Å². The lowest BCUT2D eigenvalue weighted by Crippen LogP contribution is -2.39. The fraction of sp³-hybridized carbons (Fsp3) is 0.500. The number of carbonyl (C=O) groups excluding carboxylic acids is 1. The summed E-state index contributed by atoms with van der Waals surface area (Å²) in [7, 11) is 1.59. The molecule has 0 aliphatic rings. The second-order valence-electron chi connectivity index (χ2n) is 5.04. The van der Waals surface area contributed by atoms with Crippen LogP contribution in [0.4, 0.5) is 0 Å². The first-order chi connectivity index (χ1) is 9.95. The molecule has 1 amide bonds. The molecule has 0 aliphatic carbocycles. The highest BCUT2D eigenvalue weighted by Gasteiger charge is 2.22. The van der Waals surface area contributed by atoms with Gasteiger partial charge in [0, 0.05) is 19.6 Å². The molecule has 8 heteroatoms. The Balaban J connectivity index is 0.00000242. The van der Waals surface area contributed by atoms with Gasteiger partial charge in [-0.05, 0) is 20.4 Å². The van der Waals surface area contributed by atoms with E-state index in [1.807, 2.05) is 13.8 Å². The zero-order valence-corrected chi connectivity index (χ0v) is 13.9. The lowest BCUT2D eigenvalue weighted by atomic mass is 10.1. The van der Waals surface area contributed by atoms with Gasteiger partial charge in [-0.25, -0.2) is 4.98 Å². The first-order valence-electron chi connectivity index (χ1n) is 6.92. The average Bonchev–Trinajstić information content (AvgIpc) is 2.78. The van der Waals surface area contributed by atoms with Gasteiger partial charge < -0.3 is 19.6 Å². The van der Waals surface area contributed by atoms with Gasteiger partial charge in [0.1, 0.15) is 17.5 Å². The molecule has 2 aromatic rings. The number of nitrogens with zero attached hydrogens (tertiary/aromatic N) is 2. The number of aromatic nitrogens is 2. The number of aryl methyl sites for hydroxylation is 2. The molecule has 7 nitrogen and oxygen atoms in total. The number of hydrogen-bond acceptors (Lipinski definition) is 5. The standard InChI is InChI=1S/C14H20N4O3.ClH/c1-5-15-8(2)6-16-12(19)10-9(3)21-13-11(10)14(20)18(4)7-17-13;/h7-8,15H,5-6H2,1-4H3,(H,16,19);1H/t8-;/m1./s1. The Morgan fingerprint density at radius 3 is 2.82 bits per heavy atom. The van der Waals surface area contributed by atoms with Crippen molar-refractivity contribution in [1.82, 2.24) is 20.2 Å². The van der Waals surface area contributed by atoms with Crippen LogP contribution in [0.2, 0.25) is 0 Å². The zero-order valence-electron chi connectivity index (χ0n) is 13.1. The van der Waals surface area contributed by atoms with Crippen molar-refractivity contribution in [1.29, 1.82) is 0 Å². The van der Waals surface area contributed by atoms with Gasteiger partial charge in [0.2, 0.25) is 5.71 Å². The van der Waals surface area contributed by atoms with Gasteiger partial charge in [-0.3, -0.25) is 9.59 Å². The van der Waals surface area contributed by atoms with Crippen molar-refractivity contribution < 1.29 is 9.21 Å². The van der Waals surface area contributed by atoms with Crippen molar-refractivity contribution >= 4 is 29.4 Å². The van der Waals surface area contributed by atoms with E-state index in [0.29, 0.717) is 12.3 Å². The Labute approximate surface area is 134 Å². The van der Waals surface area contributed by atoms with Gasteiger partial charge in [0.05, 0.1) is 5.56 Å². The second kappa shape index (κ2) is 7.42. The van der Waals surface area contributed by atoms with Crippen LogP contribution in [0, 0.1) is 6.92 Å². The highest BCUT2D eigenvalue weighted by molar-refractivity contribution is 6.06. The van der Waals surface area contributed by atoms with E-state index in [2.05, 4.69) is 15.6 Å². The van der Waals surface area contributed by atoms with Crippen molar-refractivity contribution in [2.75, 3.05) is 13.1 Å². The number of halogens is 1. The Kier molecular flexibility index (Phi) is 6.13. The number of nitrogens with one attached hydrogen (secondary N) is 2. The van der Waals surface area contributed by atoms with E-state index in [1.165, 1.54) is 10.9 Å². The minimum Gasteiger partial charge on any atom is -0.442 e. The minimum absolute atomic E-state index is 0. The first-order valence-corrected chi connectivity index (χ1v) is 6.92. The number of likely N-dealkylation sites (N-methyl/N-ethyl adjacent to an activating group) is 1. The SMILES string of the molecule is CCN[C@H](C)CNC(=O)c1c(C)oc2ncn(C)c(=O)c12.Cl. The predicted molar refractivity (Wildman–Crippen MR) is 86.7 cm³/mol. The number of hydrogen-bond donors (Lipinski definition) is 2. The summed E-state index contributed by atoms with van der Waals surface area (Å²) in [5.74, 6) is 0.0792. The van der Waals surface area contributed by atoms with E-state index in [4.69, 9.17) is 4.42 Å². The predicted octanol–water partition coefficient (Wildman–Crippen LogP) is 0.985. The Hall–Kier alpha value is -1.86. The van der Waals surface area contributed by atoms with E-state index in [9.17, 15) is 9.59 Å². The van der Waals surface area contributed by atoms with E-state index in [1.54, 1.807) is 14.0 Å². The molecule has 0 bridgehead atoms. The topological polar surface area (TPSA) is 89.2 Å². The summed E-state index contributed by atoms with van der Waals surface area (Å²) >= 11 is 0. The monoisotopic (exact) mass is 328 g/mol. The molecule has 1 atom stereocenters. The number of fused-ring (bicyclic) bond motifs is 1. The quantitative estimate of drug-likeness (QED) is 0.854. The van der Waals surface area contributed by atoms with Crippen LogP contribution < -0.4 is 16.2 Å². The van der Waals surface area contributed by atoms with Gasteiger partial charge in [0.15, 0.2) is 0 Å². The van der Waals surface area contributed by atoms with Crippen molar-refractivity contribution in [2.45, 2.75) is 26.8 Å². The molecule has 0 saturated carbocycles. The molecule has 0 unspecified atom stereocenters. The fourth-order valence-corrected chi connectivity index (χ4v) is 2.22. The van der Waals surface area contributed by atoms with E-state index >= 15 is 0 Å². The van der Waals surface area contributed by atoms with Crippen LogP contribution in [0.25, 0.3) is 11.1 Å². The van der Waals surface area contributed by atoms with Crippen LogP contribution >= 0.6 is 12.4 Å². The van der Waals surface area contributed by atoms with Gasteiger partial charge in [-0.2, -0.15) is 0 Å². The van der Waals surface area contributed by atoms with E-state index in [-0.39, 0.29) is 46.6 Å². The number of carbonyl (C=O) groups is 1. The van der Waals surface area contributed by atoms with Crippen molar-refractivity contribution in [2.24, 2.45) is 7.05 Å². The summed E-state index contributed by atoms with van der Waals surface area (Å²) in [6.07, 6.45) is 1.38. The fourth-order valence-electron chi connectivity index (χ4n) is 2.22. The maximum Gasteiger partial charge on any atom is 0.265 e. The zero-order chi connectivity index (χ0) is 15.6. The lowest BCUT2D eigenvalue weighted by Gasteiger charge is -2.12. The minimum atomic E-state index is -0.318. The molecule has 0 radical (unpaired) electrons. The average molecular weight is 329 g/mol. The normalized spacial score (nSPS) is 12.0. The Morgan fingerprint density at radius 1 is 1.50 bits per heavy atom. The van der Waals surface area contributed by atoms with Crippen LogP contribution in [-0.4, -0.2) is 34.6 Å². The summed E-state index contributed by atoms with van der Waals surface area (Å²) < 4.78 is 6.74. The highest BCUT2D eigenvalue weighted by Crippen LogP contribution is 2.20. The number of amides is 1. The summed E-state index contributed by atoms with van der Waals surface area (Å²) in [6, 6.07) is 0.151. The van der Waals surface area contributed by atoms with Gasteiger partial charge in [-0.15, -0.1) is 12.4 Å². The number of rotatable bonds is 5. The highest BCUT2D eigenvalue weighted by atomic mass is 35.5. The molecule has 0 fully saturated rings. The lowest BCUT2D eigenvalue weighted by molar-refractivity contribution is 0.0950. The summed E-state index contributed by atoms with van der Waals surface area (Å²) in [4.78, 5) is 28.6. The molecule has 0 spiro atoms. The molecule has 2 rings (SSSR count). The van der Waals surface area contributed by atoms with Crippen molar-refractivity contribution in [3.63, 3.8) is 0 Å². The molecular formula is C14H21ClN4O3. The molecule has 0 aromatic carbocycles. The van der Waals surface area contributed by atoms with Crippen molar-refractivity contribution in [3.05, 3.63) is 28.0 Å². The molecule has 22 heavy (non-hydrogen) atoms. The Bertz CT molecular complexity index is 723. The third-order valence-electron chi connectivity index (χ3n) is 3.30. The van der Waals surface area contributed by atoms with Gasteiger partial charge >= 0.3 is 0 Å². The maximum absolute atomic E-state index is 12.3. The van der Waals surface area contributed by atoms with Gasteiger partial charge in [-0.1, -0.05) is 6.92 Å². The molecular weight excluding hydrogens is 308 g/mol. The third kappa shape index (κ3) is 3.48.